The Kier molecular flexibility index (Phi) is 6.62. The molecule has 0 bridgehead atoms. The van der Waals surface area contributed by atoms with Crippen molar-refractivity contribution in [3.8, 4) is 11.4 Å². The Balaban J connectivity index is 1.43. The van der Waals surface area contributed by atoms with Crippen LogP contribution in [0.1, 0.15) is 48.2 Å². The van der Waals surface area contributed by atoms with Gasteiger partial charge in [-0.1, -0.05) is 0 Å². The van der Waals surface area contributed by atoms with E-state index >= 15 is 0 Å². The van der Waals surface area contributed by atoms with Crippen molar-refractivity contribution in [2.24, 2.45) is 0 Å². The molecule has 3 aromatic rings. The molecular formula is C24H24F3N3O3S. The van der Waals surface area contributed by atoms with Gasteiger partial charge in [-0.25, -0.2) is 4.79 Å². The van der Waals surface area contributed by atoms with E-state index in [0.29, 0.717) is 35.7 Å². The number of aliphatic carboxylic acids is 1. The van der Waals surface area contributed by atoms with Gasteiger partial charge in [0.2, 0.25) is 5.60 Å². The average molecular weight is 492 g/mol. The molecule has 0 amide bonds. The molecule has 0 saturated heterocycles. The molecule has 6 nitrogen and oxygen atoms in total. The summed E-state index contributed by atoms with van der Waals surface area (Å²) in [7, 11) is 0. The van der Waals surface area contributed by atoms with E-state index < -0.39 is 23.3 Å². The lowest BCUT2D eigenvalue weighted by molar-refractivity contribution is -0.154. The third-order valence-corrected chi connectivity index (χ3v) is 6.94. The zero-order valence-corrected chi connectivity index (χ0v) is 19.5. The van der Waals surface area contributed by atoms with Crippen LogP contribution in [0.4, 0.5) is 13.2 Å². The van der Waals surface area contributed by atoms with E-state index in [1.165, 1.54) is 28.7 Å². The van der Waals surface area contributed by atoms with Gasteiger partial charge in [-0.15, -0.1) is 11.8 Å². The van der Waals surface area contributed by atoms with Crippen LogP contribution in [0.2, 0.25) is 0 Å². The van der Waals surface area contributed by atoms with Crippen LogP contribution in [0.15, 0.2) is 47.4 Å². The van der Waals surface area contributed by atoms with Crippen LogP contribution in [0, 0.1) is 13.8 Å². The number of hydrogen-bond acceptors (Lipinski definition) is 5. The summed E-state index contributed by atoms with van der Waals surface area (Å²) in [6, 6.07) is 10.3. The number of aromatic nitrogens is 3. The van der Waals surface area contributed by atoms with Crippen molar-refractivity contribution in [3.63, 3.8) is 0 Å². The minimum absolute atomic E-state index is 0.448. The number of alkyl halides is 3. The Labute approximate surface area is 199 Å². The summed E-state index contributed by atoms with van der Waals surface area (Å²) in [6.45, 7) is 3.69. The molecule has 10 heteroatoms. The average Bonchev–Trinajstić information content (AvgIpc) is 3.41. The van der Waals surface area contributed by atoms with E-state index in [2.05, 4.69) is 10.2 Å². The van der Waals surface area contributed by atoms with Gasteiger partial charge in [0.1, 0.15) is 5.75 Å². The molecule has 1 aromatic heterocycles. The lowest BCUT2D eigenvalue weighted by Gasteiger charge is -2.26. The number of aryl methyl sites for hydroxylation is 2. The lowest BCUT2D eigenvalue weighted by Crippen LogP contribution is -2.41. The van der Waals surface area contributed by atoms with Gasteiger partial charge in [0.15, 0.2) is 0 Å². The predicted octanol–water partition coefficient (Wildman–Crippen LogP) is 5.97. The number of carboxylic acids is 1. The molecule has 34 heavy (non-hydrogen) atoms. The monoisotopic (exact) mass is 491 g/mol. The maximum Gasteiger partial charge on any atom is 0.416 e. The molecule has 0 atom stereocenters. The number of ether oxygens (including phenoxy) is 1. The van der Waals surface area contributed by atoms with Gasteiger partial charge >= 0.3 is 12.1 Å². The van der Waals surface area contributed by atoms with Crippen LogP contribution < -0.4 is 4.74 Å². The predicted molar refractivity (Wildman–Crippen MR) is 121 cm³/mol. The molecule has 1 aliphatic rings. The molecule has 1 aliphatic carbocycles. The standard InChI is InChI=1S/C24H24F3N3O3S/c1-15-13-19(9-10-21(15)33-23(22(31)32)11-3-4-12-23)34-14-20-16(2)28-30(29-20)18-7-5-17(6-8-18)24(25,26)27/h5-10,13H,3-4,11-12,14H2,1-2H3,(H,31,32). The lowest BCUT2D eigenvalue weighted by atomic mass is 10.0. The molecule has 1 N–H and O–H groups in total. The largest absolute Gasteiger partial charge is 0.478 e. The number of benzene rings is 2. The molecule has 1 fully saturated rings. The van der Waals surface area contributed by atoms with Crippen LogP contribution >= 0.6 is 11.8 Å². The maximum atomic E-state index is 12.8. The summed E-state index contributed by atoms with van der Waals surface area (Å²) in [5.41, 5.74) is 0.841. The van der Waals surface area contributed by atoms with E-state index in [1.807, 2.05) is 19.1 Å². The molecule has 1 heterocycles. The second-order valence-electron chi connectivity index (χ2n) is 8.39. The van der Waals surface area contributed by atoms with Gasteiger partial charge in [0.05, 0.1) is 22.6 Å². The summed E-state index contributed by atoms with van der Waals surface area (Å²) in [6.07, 6.45) is -1.70. The van der Waals surface area contributed by atoms with Gasteiger partial charge in [0, 0.05) is 10.6 Å². The Hall–Kier alpha value is -3.01. The number of halogens is 3. The zero-order valence-electron chi connectivity index (χ0n) is 18.7. The topological polar surface area (TPSA) is 77.2 Å². The highest BCUT2D eigenvalue weighted by Gasteiger charge is 2.44. The van der Waals surface area contributed by atoms with Gasteiger partial charge in [0.25, 0.3) is 0 Å². The second-order valence-corrected chi connectivity index (χ2v) is 9.44. The Morgan fingerprint density at radius 1 is 1.12 bits per heavy atom. The number of carboxylic acid groups (broad SMARTS) is 1. The zero-order chi connectivity index (χ0) is 24.5. The smallest absolute Gasteiger partial charge is 0.416 e. The molecule has 2 aromatic carbocycles. The fourth-order valence-electron chi connectivity index (χ4n) is 3.94. The van der Waals surface area contributed by atoms with E-state index in [1.54, 1.807) is 13.0 Å². The van der Waals surface area contributed by atoms with Crippen molar-refractivity contribution in [2.75, 3.05) is 0 Å². The molecule has 0 aliphatic heterocycles. The number of thioether (sulfide) groups is 1. The molecular weight excluding hydrogens is 467 g/mol. The normalized spacial score (nSPS) is 15.4. The minimum atomic E-state index is -4.39. The van der Waals surface area contributed by atoms with Crippen LogP contribution in [-0.4, -0.2) is 31.7 Å². The highest BCUT2D eigenvalue weighted by Crippen LogP contribution is 2.37. The highest BCUT2D eigenvalue weighted by atomic mass is 32.2. The molecule has 0 unspecified atom stereocenters. The van der Waals surface area contributed by atoms with Gasteiger partial charge in [-0.05, 0) is 87.6 Å². The Bertz CT molecular complexity index is 1190. The van der Waals surface area contributed by atoms with Crippen molar-refractivity contribution in [3.05, 3.63) is 65.0 Å². The molecule has 0 radical (unpaired) electrons. The number of carbonyl (C=O) groups is 1. The summed E-state index contributed by atoms with van der Waals surface area (Å²) < 4.78 is 44.3. The first kappa shape index (κ1) is 24.1. The van der Waals surface area contributed by atoms with Crippen LogP contribution in [0.5, 0.6) is 5.75 Å². The number of hydrogen-bond donors (Lipinski definition) is 1. The van der Waals surface area contributed by atoms with Crippen molar-refractivity contribution < 1.29 is 27.8 Å². The highest BCUT2D eigenvalue weighted by molar-refractivity contribution is 7.98. The second kappa shape index (κ2) is 9.32. The van der Waals surface area contributed by atoms with Gasteiger partial charge < -0.3 is 9.84 Å². The molecule has 0 spiro atoms. The first-order chi connectivity index (χ1) is 16.1. The summed E-state index contributed by atoms with van der Waals surface area (Å²) in [5, 5.41) is 18.4. The van der Waals surface area contributed by atoms with Crippen molar-refractivity contribution >= 4 is 17.7 Å². The first-order valence-electron chi connectivity index (χ1n) is 10.8. The van der Waals surface area contributed by atoms with Crippen LogP contribution in [0.3, 0.4) is 0 Å². The SMILES string of the molecule is Cc1cc(SCc2nn(-c3ccc(C(F)(F)F)cc3)nc2C)ccc1OC1(C(=O)O)CCCC1. The fraction of sp³-hybridized carbons (Fsp3) is 0.375. The summed E-state index contributed by atoms with van der Waals surface area (Å²) >= 11 is 1.54. The van der Waals surface area contributed by atoms with E-state index in [4.69, 9.17) is 4.74 Å². The summed E-state index contributed by atoms with van der Waals surface area (Å²) in [4.78, 5) is 14.1. The number of rotatable bonds is 7. The van der Waals surface area contributed by atoms with Crippen LogP contribution in [0.25, 0.3) is 5.69 Å². The molecule has 1 saturated carbocycles. The van der Waals surface area contributed by atoms with Gasteiger partial charge in [-0.3, -0.25) is 0 Å². The maximum absolute atomic E-state index is 12.8. The van der Waals surface area contributed by atoms with E-state index in [0.717, 1.165) is 41.1 Å². The fourth-order valence-corrected chi connectivity index (χ4v) is 4.93. The van der Waals surface area contributed by atoms with Crippen molar-refractivity contribution in [1.29, 1.82) is 0 Å². The van der Waals surface area contributed by atoms with Gasteiger partial charge in [-0.2, -0.15) is 28.2 Å². The van der Waals surface area contributed by atoms with Crippen LogP contribution in [-0.2, 0) is 16.7 Å². The third-order valence-electron chi connectivity index (χ3n) is 5.93. The Morgan fingerprint density at radius 3 is 2.38 bits per heavy atom. The van der Waals surface area contributed by atoms with Crippen molar-refractivity contribution in [1.82, 2.24) is 15.0 Å². The first-order valence-corrected chi connectivity index (χ1v) is 11.8. The van der Waals surface area contributed by atoms with E-state index in [-0.39, 0.29) is 0 Å². The van der Waals surface area contributed by atoms with Crippen molar-refractivity contribution in [2.45, 2.75) is 62.0 Å². The number of nitrogens with zero attached hydrogens (tertiary/aromatic N) is 3. The molecule has 4 rings (SSSR count). The molecule has 180 valence electrons. The van der Waals surface area contributed by atoms with E-state index in [9.17, 15) is 23.1 Å². The quantitative estimate of drug-likeness (QED) is 0.410. The third kappa shape index (κ3) is 5.06. The Morgan fingerprint density at radius 2 is 1.79 bits per heavy atom. The summed E-state index contributed by atoms with van der Waals surface area (Å²) in [5.74, 6) is 0.165. The minimum Gasteiger partial charge on any atom is -0.478 e.